The molecule has 1 atom stereocenters. The minimum Gasteiger partial charge on any atom is -0.480 e. The summed E-state index contributed by atoms with van der Waals surface area (Å²) in [6.45, 7) is 5.34. The molecular weight excluding hydrogens is 256 g/mol. The van der Waals surface area contributed by atoms with E-state index >= 15 is 0 Å². The molecule has 0 aliphatic carbocycles. The highest BCUT2D eigenvalue weighted by Crippen LogP contribution is 2.20. The van der Waals surface area contributed by atoms with Gasteiger partial charge in [-0.25, -0.2) is 4.79 Å². The summed E-state index contributed by atoms with van der Waals surface area (Å²) in [5.74, 6) is -1.41. The number of carboxylic acids is 1. The van der Waals surface area contributed by atoms with Crippen LogP contribution in [-0.2, 0) is 4.79 Å². The van der Waals surface area contributed by atoms with Crippen molar-refractivity contribution in [1.29, 1.82) is 0 Å². The smallest absolute Gasteiger partial charge is 0.326 e. The molecule has 2 N–H and O–H groups in total. The summed E-state index contributed by atoms with van der Waals surface area (Å²) in [7, 11) is 3.76. The number of rotatable bonds is 4. The van der Waals surface area contributed by atoms with Gasteiger partial charge >= 0.3 is 5.97 Å². The predicted molar refractivity (Wildman–Crippen MR) is 79.1 cm³/mol. The maximum atomic E-state index is 12.2. The average molecular weight is 278 g/mol. The molecule has 1 amide bonds. The Morgan fingerprint density at radius 1 is 1.25 bits per heavy atom. The first-order chi connectivity index (χ1) is 9.12. The highest BCUT2D eigenvalue weighted by atomic mass is 16.4. The van der Waals surface area contributed by atoms with Gasteiger partial charge in [0.1, 0.15) is 6.04 Å². The Morgan fingerprint density at radius 2 is 1.85 bits per heavy atom. The van der Waals surface area contributed by atoms with Gasteiger partial charge in [0, 0.05) is 25.3 Å². The van der Waals surface area contributed by atoms with Crippen molar-refractivity contribution in [3.63, 3.8) is 0 Å². The van der Waals surface area contributed by atoms with Crippen molar-refractivity contribution < 1.29 is 14.7 Å². The average Bonchev–Trinajstić information content (AvgIpc) is 2.33. The van der Waals surface area contributed by atoms with E-state index in [1.54, 1.807) is 39.0 Å². The Balaban J connectivity index is 2.95. The molecule has 0 saturated carbocycles. The highest BCUT2D eigenvalue weighted by Gasteiger charge is 2.32. The van der Waals surface area contributed by atoms with Crippen LogP contribution >= 0.6 is 0 Å². The van der Waals surface area contributed by atoms with Crippen LogP contribution in [0.5, 0.6) is 0 Å². The minimum atomic E-state index is -1.03. The Kier molecular flexibility index (Phi) is 4.76. The van der Waals surface area contributed by atoms with E-state index in [0.717, 1.165) is 5.69 Å². The third kappa shape index (κ3) is 3.98. The second kappa shape index (κ2) is 5.94. The Morgan fingerprint density at radius 3 is 2.30 bits per heavy atom. The largest absolute Gasteiger partial charge is 0.480 e. The first-order valence-electron chi connectivity index (χ1n) is 6.44. The quantitative estimate of drug-likeness (QED) is 0.883. The van der Waals surface area contributed by atoms with Gasteiger partial charge in [-0.1, -0.05) is 26.8 Å². The molecule has 0 spiro atoms. The van der Waals surface area contributed by atoms with Crippen LogP contribution in [-0.4, -0.2) is 37.1 Å². The summed E-state index contributed by atoms with van der Waals surface area (Å²) in [5.41, 5.74) is 0.785. The molecule has 0 saturated heterocycles. The van der Waals surface area contributed by atoms with Gasteiger partial charge < -0.3 is 15.3 Å². The summed E-state index contributed by atoms with van der Waals surface area (Å²) in [6.07, 6.45) is 0. The van der Waals surface area contributed by atoms with Crippen LogP contribution in [0.15, 0.2) is 24.3 Å². The summed E-state index contributed by atoms with van der Waals surface area (Å²) in [5, 5.41) is 11.8. The SMILES string of the molecule is CN(C)c1cccc(C(=O)NC(C(=O)O)C(C)(C)C)c1. The number of nitrogens with zero attached hydrogens (tertiary/aromatic N) is 1. The maximum Gasteiger partial charge on any atom is 0.326 e. The van der Waals surface area contributed by atoms with Crippen LogP contribution in [0.3, 0.4) is 0 Å². The van der Waals surface area contributed by atoms with E-state index < -0.39 is 17.4 Å². The van der Waals surface area contributed by atoms with Crippen molar-refractivity contribution in [2.75, 3.05) is 19.0 Å². The number of benzene rings is 1. The van der Waals surface area contributed by atoms with Gasteiger partial charge in [-0.05, 0) is 23.6 Å². The Labute approximate surface area is 119 Å². The number of carboxylic acid groups (broad SMARTS) is 1. The van der Waals surface area contributed by atoms with E-state index in [9.17, 15) is 14.7 Å². The second-order valence-corrected chi connectivity index (χ2v) is 6.06. The van der Waals surface area contributed by atoms with E-state index in [1.165, 1.54) is 0 Å². The van der Waals surface area contributed by atoms with Crippen molar-refractivity contribution in [2.24, 2.45) is 5.41 Å². The second-order valence-electron chi connectivity index (χ2n) is 6.06. The fourth-order valence-corrected chi connectivity index (χ4v) is 1.79. The van der Waals surface area contributed by atoms with E-state index in [2.05, 4.69) is 5.32 Å². The third-order valence-electron chi connectivity index (χ3n) is 3.01. The number of nitrogens with one attached hydrogen (secondary N) is 1. The molecular formula is C15H22N2O3. The Bertz CT molecular complexity index is 504. The molecule has 1 unspecified atom stereocenters. The molecule has 110 valence electrons. The first kappa shape index (κ1) is 16.0. The molecule has 5 heteroatoms. The Hall–Kier alpha value is -2.04. The minimum absolute atomic E-state index is 0.379. The lowest BCUT2D eigenvalue weighted by Crippen LogP contribution is -2.49. The number of hydrogen-bond acceptors (Lipinski definition) is 3. The lowest BCUT2D eigenvalue weighted by Gasteiger charge is -2.27. The lowest BCUT2D eigenvalue weighted by atomic mass is 9.86. The number of carbonyl (C=O) groups excluding carboxylic acids is 1. The first-order valence-corrected chi connectivity index (χ1v) is 6.44. The van der Waals surface area contributed by atoms with Crippen LogP contribution in [0.4, 0.5) is 5.69 Å². The number of hydrogen-bond donors (Lipinski definition) is 2. The molecule has 0 aromatic heterocycles. The van der Waals surface area contributed by atoms with Gasteiger partial charge in [0.15, 0.2) is 0 Å². The van der Waals surface area contributed by atoms with Crippen molar-refractivity contribution >= 4 is 17.6 Å². The van der Waals surface area contributed by atoms with Crippen LogP contribution in [0.1, 0.15) is 31.1 Å². The standard InChI is InChI=1S/C15H22N2O3/c1-15(2,3)12(14(19)20)16-13(18)10-7-6-8-11(9-10)17(4)5/h6-9,12H,1-5H3,(H,16,18)(H,19,20). The van der Waals surface area contributed by atoms with Gasteiger partial charge in [-0.15, -0.1) is 0 Å². The number of amides is 1. The summed E-state index contributed by atoms with van der Waals surface area (Å²) < 4.78 is 0. The summed E-state index contributed by atoms with van der Waals surface area (Å²) in [6, 6.07) is 6.13. The van der Waals surface area contributed by atoms with Crippen LogP contribution in [0.25, 0.3) is 0 Å². The third-order valence-corrected chi connectivity index (χ3v) is 3.01. The topological polar surface area (TPSA) is 69.6 Å². The van der Waals surface area contributed by atoms with Crippen LogP contribution < -0.4 is 10.2 Å². The molecule has 20 heavy (non-hydrogen) atoms. The van der Waals surface area contributed by atoms with Crippen molar-refractivity contribution in [2.45, 2.75) is 26.8 Å². The van der Waals surface area contributed by atoms with Gasteiger partial charge in [-0.3, -0.25) is 4.79 Å². The summed E-state index contributed by atoms with van der Waals surface area (Å²) in [4.78, 5) is 25.3. The van der Waals surface area contributed by atoms with E-state index in [0.29, 0.717) is 5.56 Å². The van der Waals surface area contributed by atoms with E-state index in [1.807, 2.05) is 25.1 Å². The van der Waals surface area contributed by atoms with Crippen molar-refractivity contribution in [3.05, 3.63) is 29.8 Å². The zero-order valence-electron chi connectivity index (χ0n) is 12.6. The number of aliphatic carboxylic acids is 1. The zero-order valence-corrected chi connectivity index (χ0v) is 12.6. The van der Waals surface area contributed by atoms with Gasteiger partial charge in [0.25, 0.3) is 5.91 Å². The molecule has 0 aliphatic heterocycles. The summed E-state index contributed by atoms with van der Waals surface area (Å²) >= 11 is 0. The van der Waals surface area contributed by atoms with E-state index in [-0.39, 0.29) is 5.91 Å². The maximum absolute atomic E-state index is 12.2. The number of carbonyl (C=O) groups is 2. The molecule has 1 aromatic carbocycles. The monoisotopic (exact) mass is 278 g/mol. The predicted octanol–water partition coefficient (Wildman–Crippen LogP) is 1.98. The van der Waals surface area contributed by atoms with Gasteiger partial charge in [0.05, 0.1) is 0 Å². The van der Waals surface area contributed by atoms with E-state index in [4.69, 9.17) is 0 Å². The fraction of sp³-hybridized carbons (Fsp3) is 0.467. The van der Waals surface area contributed by atoms with Crippen LogP contribution in [0.2, 0.25) is 0 Å². The molecule has 0 radical (unpaired) electrons. The lowest BCUT2D eigenvalue weighted by molar-refractivity contribution is -0.142. The normalized spacial score (nSPS) is 12.7. The van der Waals surface area contributed by atoms with Gasteiger partial charge in [0.2, 0.25) is 0 Å². The zero-order chi connectivity index (χ0) is 15.5. The molecule has 5 nitrogen and oxygen atoms in total. The number of anilines is 1. The van der Waals surface area contributed by atoms with Crippen LogP contribution in [0, 0.1) is 5.41 Å². The highest BCUT2D eigenvalue weighted by molar-refractivity contribution is 5.97. The molecule has 0 heterocycles. The van der Waals surface area contributed by atoms with Crippen molar-refractivity contribution in [3.8, 4) is 0 Å². The molecule has 0 aliphatic rings. The molecule has 1 aromatic rings. The van der Waals surface area contributed by atoms with Crippen molar-refractivity contribution in [1.82, 2.24) is 5.32 Å². The fourth-order valence-electron chi connectivity index (χ4n) is 1.79. The molecule has 0 bridgehead atoms. The molecule has 0 fully saturated rings. The van der Waals surface area contributed by atoms with Gasteiger partial charge in [-0.2, -0.15) is 0 Å². The molecule has 1 rings (SSSR count).